The number of rotatable bonds is 6. The number of nitrogens with zero attached hydrogens (tertiary/aromatic N) is 2. The van der Waals surface area contributed by atoms with Crippen LogP contribution in [0.25, 0.3) is 0 Å². The SMILES string of the molecule is CNCCCN(C)S(=O)(=O)N1CCCc2ccccc2C1. The zero-order valence-corrected chi connectivity index (χ0v) is 13.7. The topological polar surface area (TPSA) is 52.7 Å². The average Bonchev–Trinajstić information content (AvgIpc) is 2.70. The van der Waals surface area contributed by atoms with E-state index in [0.717, 1.165) is 31.4 Å². The first-order valence-corrected chi connectivity index (χ1v) is 8.88. The van der Waals surface area contributed by atoms with E-state index in [9.17, 15) is 8.42 Å². The second-order valence-electron chi connectivity index (χ2n) is 5.49. The number of fused-ring (bicyclic) bond motifs is 1. The molecule has 0 aliphatic carbocycles. The van der Waals surface area contributed by atoms with Gasteiger partial charge in [-0.1, -0.05) is 24.3 Å². The van der Waals surface area contributed by atoms with Crippen LogP contribution in [-0.2, 0) is 23.2 Å². The fourth-order valence-corrected chi connectivity index (χ4v) is 4.07. The minimum Gasteiger partial charge on any atom is -0.320 e. The molecule has 0 bridgehead atoms. The highest BCUT2D eigenvalue weighted by molar-refractivity contribution is 7.86. The highest BCUT2D eigenvalue weighted by Gasteiger charge is 2.28. The fraction of sp³-hybridized carbons (Fsp3) is 0.600. The van der Waals surface area contributed by atoms with Crippen molar-refractivity contribution < 1.29 is 8.42 Å². The van der Waals surface area contributed by atoms with Gasteiger partial charge < -0.3 is 5.32 Å². The van der Waals surface area contributed by atoms with E-state index in [-0.39, 0.29) is 0 Å². The number of aryl methyl sites for hydroxylation is 1. The largest absolute Gasteiger partial charge is 0.320 e. The average molecular weight is 311 g/mol. The van der Waals surface area contributed by atoms with Crippen LogP contribution in [0.5, 0.6) is 0 Å². The molecule has 2 rings (SSSR count). The summed E-state index contributed by atoms with van der Waals surface area (Å²) in [6.45, 7) is 2.44. The van der Waals surface area contributed by atoms with Gasteiger partial charge in [-0.3, -0.25) is 0 Å². The summed E-state index contributed by atoms with van der Waals surface area (Å²) in [5, 5.41) is 3.04. The maximum Gasteiger partial charge on any atom is 0.282 e. The van der Waals surface area contributed by atoms with Crippen molar-refractivity contribution in [3.8, 4) is 0 Å². The maximum atomic E-state index is 12.7. The molecule has 0 fully saturated rings. The Balaban J connectivity index is 2.09. The van der Waals surface area contributed by atoms with E-state index in [0.29, 0.717) is 19.6 Å². The summed E-state index contributed by atoms with van der Waals surface area (Å²) in [6, 6.07) is 8.13. The van der Waals surface area contributed by atoms with Crippen molar-refractivity contribution in [3.63, 3.8) is 0 Å². The van der Waals surface area contributed by atoms with Gasteiger partial charge in [-0.25, -0.2) is 0 Å². The van der Waals surface area contributed by atoms with Crippen molar-refractivity contribution in [3.05, 3.63) is 35.4 Å². The summed E-state index contributed by atoms with van der Waals surface area (Å²) in [5.41, 5.74) is 2.40. The molecule has 5 nitrogen and oxygen atoms in total. The second kappa shape index (κ2) is 7.35. The van der Waals surface area contributed by atoms with Gasteiger partial charge in [-0.15, -0.1) is 0 Å². The highest BCUT2D eigenvalue weighted by atomic mass is 32.2. The van der Waals surface area contributed by atoms with Crippen LogP contribution in [0.2, 0.25) is 0 Å². The van der Waals surface area contributed by atoms with E-state index in [1.165, 1.54) is 9.87 Å². The molecule has 1 aliphatic rings. The molecule has 0 atom stereocenters. The lowest BCUT2D eigenvalue weighted by atomic mass is 10.0. The lowest BCUT2D eigenvalue weighted by molar-refractivity contribution is 0.354. The first-order chi connectivity index (χ1) is 10.1. The summed E-state index contributed by atoms with van der Waals surface area (Å²) in [4.78, 5) is 0. The Kier molecular flexibility index (Phi) is 5.75. The Morgan fingerprint density at radius 1 is 1.29 bits per heavy atom. The minimum atomic E-state index is -3.37. The number of hydrogen-bond acceptors (Lipinski definition) is 3. The molecule has 1 aromatic carbocycles. The van der Waals surface area contributed by atoms with Crippen molar-refractivity contribution >= 4 is 10.2 Å². The third-order valence-electron chi connectivity index (χ3n) is 3.94. The zero-order valence-electron chi connectivity index (χ0n) is 12.9. The van der Waals surface area contributed by atoms with Gasteiger partial charge in [0.15, 0.2) is 0 Å². The lowest BCUT2D eigenvalue weighted by Gasteiger charge is -2.26. The molecule has 1 aromatic rings. The van der Waals surface area contributed by atoms with E-state index in [1.54, 1.807) is 11.4 Å². The Morgan fingerprint density at radius 2 is 2.00 bits per heavy atom. The third-order valence-corrected chi connectivity index (χ3v) is 5.87. The monoisotopic (exact) mass is 311 g/mol. The van der Waals surface area contributed by atoms with Gasteiger partial charge in [0.1, 0.15) is 0 Å². The molecule has 0 saturated carbocycles. The smallest absolute Gasteiger partial charge is 0.282 e. The molecule has 118 valence electrons. The van der Waals surface area contributed by atoms with E-state index >= 15 is 0 Å². The molecule has 21 heavy (non-hydrogen) atoms. The Bertz CT molecular complexity index is 560. The van der Waals surface area contributed by atoms with Crippen molar-refractivity contribution in [1.82, 2.24) is 13.9 Å². The van der Waals surface area contributed by atoms with Gasteiger partial charge in [-0.2, -0.15) is 17.0 Å². The predicted molar refractivity (Wildman–Crippen MR) is 85.3 cm³/mol. The van der Waals surface area contributed by atoms with Crippen LogP contribution in [-0.4, -0.2) is 50.8 Å². The third kappa shape index (κ3) is 4.03. The van der Waals surface area contributed by atoms with Gasteiger partial charge in [0.25, 0.3) is 10.2 Å². The van der Waals surface area contributed by atoms with Gasteiger partial charge in [0.2, 0.25) is 0 Å². The fourth-order valence-electron chi connectivity index (χ4n) is 2.66. The zero-order chi connectivity index (χ0) is 15.3. The van der Waals surface area contributed by atoms with Crippen LogP contribution in [0.4, 0.5) is 0 Å². The molecular formula is C15H25N3O2S. The molecule has 1 heterocycles. The molecule has 1 aliphatic heterocycles. The maximum absolute atomic E-state index is 12.7. The van der Waals surface area contributed by atoms with E-state index < -0.39 is 10.2 Å². The van der Waals surface area contributed by atoms with Crippen LogP contribution >= 0.6 is 0 Å². The van der Waals surface area contributed by atoms with Crippen LogP contribution in [0.1, 0.15) is 24.0 Å². The Labute approximate surface area is 128 Å². The lowest BCUT2D eigenvalue weighted by Crippen LogP contribution is -2.42. The summed E-state index contributed by atoms with van der Waals surface area (Å²) >= 11 is 0. The Hall–Kier alpha value is -0.950. The number of hydrogen-bond donors (Lipinski definition) is 1. The van der Waals surface area contributed by atoms with Crippen molar-refractivity contribution in [2.24, 2.45) is 0 Å². The van der Waals surface area contributed by atoms with Crippen LogP contribution in [0, 0.1) is 0 Å². The van der Waals surface area contributed by atoms with Gasteiger partial charge >= 0.3 is 0 Å². The standard InChI is InChI=1S/C15H25N3O2S/c1-16-10-6-11-17(2)21(19,20)18-12-5-9-14-7-3-4-8-15(14)13-18/h3-4,7-8,16H,5-6,9-13H2,1-2H3. The quantitative estimate of drug-likeness (QED) is 0.804. The van der Waals surface area contributed by atoms with Gasteiger partial charge in [0.05, 0.1) is 0 Å². The van der Waals surface area contributed by atoms with Gasteiger partial charge in [-0.05, 0) is 44.0 Å². The summed E-state index contributed by atoms with van der Waals surface area (Å²) in [7, 11) is 0.174. The number of nitrogens with one attached hydrogen (secondary N) is 1. The van der Waals surface area contributed by atoms with E-state index in [2.05, 4.69) is 11.4 Å². The second-order valence-corrected chi connectivity index (χ2v) is 7.53. The normalized spacial score (nSPS) is 16.7. The van der Waals surface area contributed by atoms with Gasteiger partial charge in [0, 0.05) is 26.7 Å². The molecule has 6 heteroatoms. The van der Waals surface area contributed by atoms with E-state index in [1.807, 2.05) is 25.2 Å². The molecule has 0 spiro atoms. The van der Waals surface area contributed by atoms with Crippen molar-refractivity contribution in [2.45, 2.75) is 25.8 Å². The summed E-state index contributed by atoms with van der Waals surface area (Å²) < 4.78 is 28.4. The first kappa shape index (κ1) is 16.4. The number of benzene rings is 1. The molecule has 0 saturated heterocycles. The molecular weight excluding hydrogens is 286 g/mol. The van der Waals surface area contributed by atoms with Crippen LogP contribution < -0.4 is 5.32 Å². The molecule has 0 radical (unpaired) electrons. The van der Waals surface area contributed by atoms with Crippen molar-refractivity contribution in [1.29, 1.82) is 0 Å². The highest BCUT2D eigenvalue weighted by Crippen LogP contribution is 2.21. The van der Waals surface area contributed by atoms with Crippen LogP contribution in [0.15, 0.2) is 24.3 Å². The first-order valence-electron chi connectivity index (χ1n) is 7.48. The van der Waals surface area contributed by atoms with E-state index in [4.69, 9.17) is 0 Å². The van der Waals surface area contributed by atoms with Crippen LogP contribution in [0.3, 0.4) is 0 Å². The predicted octanol–water partition coefficient (Wildman–Crippen LogP) is 1.22. The summed E-state index contributed by atoms with van der Waals surface area (Å²) in [5.74, 6) is 0. The molecule has 0 unspecified atom stereocenters. The minimum absolute atomic E-state index is 0.481. The van der Waals surface area contributed by atoms with Crippen molar-refractivity contribution in [2.75, 3.05) is 33.7 Å². The molecule has 0 aromatic heterocycles. The molecule has 1 N–H and O–H groups in total. The summed E-state index contributed by atoms with van der Waals surface area (Å²) in [6.07, 6.45) is 2.64. The molecule has 0 amide bonds. The Morgan fingerprint density at radius 3 is 2.71 bits per heavy atom.